The van der Waals surface area contributed by atoms with Crippen LogP contribution in [-0.4, -0.2) is 5.33 Å². The fraction of sp³-hybridized carbons (Fsp3) is 0.111. The maximum Gasteiger partial charge on any atom is 0.336 e. The van der Waals surface area contributed by atoms with Gasteiger partial charge in [-0.15, -0.1) is 0 Å². The Kier molecular flexibility index (Phi) is 5.56. The number of halogens is 1. The lowest BCUT2D eigenvalue weighted by atomic mass is 9.98. The lowest BCUT2D eigenvalue weighted by molar-refractivity contribution is 0.562. The van der Waals surface area contributed by atoms with Gasteiger partial charge in [0.15, 0.2) is 0 Å². The summed E-state index contributed by atoms with van der Waals surface area (Å²) in [5.41, 5.74) is 9.49. The second-order valence-electron chi connectivity index (χ2n) is 4.84. The fourth-order valence-electron chi connectivity index (χ4n) is 2.28. The molecule has 3 rings (SSSR count). The maximum absolute atomic E-state index is 11.7. The third-order valence-electron chi connectivity index (χ3n) is 3.26. The highest BCUT2D eigenvalue weighted by molar-refractivity contribution is 9.09. The smallest absolute Gasteiger partial charge is 0.336 e. The summed E-state index contributed by atoms with van der Waals surface area (Å²) in [6, 6.07) is 16.7. The van der Waals surface area contributed by atoms with Gasteiger partial charge in [0.05, 0.1) is 11.4 Å². The summed E-state index contributed by atoms with van der Waals surface area (Å²) in [5.74, 6) is 0. The standard InChI is InChI=1S/C16H13NO2.C2H2BrN/c1-10-4-2-3-5-12(10)14-9-16(18)19-15-8-11(17)6-7-13(14)15;3-1-2-4/h2-9H,17H2,1H3;1H2. The predicted octanol–water partition coefficient (Wildman–Crippen LogP) is 4.26. The van der Waals surface area contributed by atoms with E-state index in [2.05, 4.69) is 15.9 Å². The van der Waals surface area contributed by atoms with Gasteiger partial charge in [0.25, 0.3) is 0 Å². The van der Waals surface area contributed by atoms with Crippen molar-refractivity contribution >= 4 is 32.6 Å². The van der Waals surface area contributed by atoms with Crippen molar-refractivity contribution in [2.45, 2.75) is 6.92 Å². The van der Waals surface area contributed by atoms with Gasteiger partial charge in [0.1, 0.15) is 5.58 Å². The van der Waals surface area contributed by atoms with Crippen molar-refractivity contribution in [3.05, 3.63) is 64.5 Å². The molecule has 5 heteroatoms. The van der Waals surface area contributed by atoms with Gasteiger partial charge < -0.3 is 10.2 Å². The molecular formula is C18H15BrN2O2. The number of nitrogens with two attached hydrogens (primary N) is 1. The first kappa shape index (κ1) is 16.8. The van der Waals surface area contributed by atoms with Crippen molar-refractivity contribution in [2.75, 3.05) is 11.1 Å². The number of alkyl halides is 1. The topological polar surface area (TPSA) is 80.0 Å². The van der Waals surface area contributed by atoms with Crippen LogP contribution in [0.4, 0.5) is 5.69 Å². The van der Waals surface area contributed by atoms with Gasteiger partial charge in [0.2, 0.25) is 0 Å². The summed E-state index contributed by atoms with van der Waals surface area (Å²) in [7, 11) is 0. The zero-order valence-electron chi connectivity index (χ0n) is 12.5. The highest BCUT2D eigenvalue weighted by Crippen LogP contribution is 2.30. The Balaban J connectivity index is 0.000000433. The van der Waals surface area contributed by atoms with Crippen LogP contribution in [0.5, 0.6) is 0 Å². The van der Waals surface area contributed by atoms with Gasteiger partial charge in [-0.1, -0.05) is 40.2 Å². The van der Waals surface area contributed by atoms with Crippen LogP contribution in [0, 0.1) is 18.3 Å². The molecule has 0 unspecified atom stereocenters. The molecule has 2 aromatic carbocycles. The van der Waals surface area contributed by atoms with E-state index in [1.807, 2.05) is 49.4 Å². The molecule has 0 bridgehead atoms. The van der Waals surface area contributed by atoms with E-state index in [0.717, 1.165) is 22.1 Å². The Morgan fingerprint density at radius 3 is 2.52 bits per heavy atom. The normalized spacial score (nSPS) is 9.78. The van der Waals surface area contributed by atoms with E-state index in [-0.39, 0.29) is 5.63 Å². The van der Waals surface area contributed by atoms with E-state index in [1.54, 1.807) is 6.07 Å². The molecule has 0 aliphatic carbocycles. The van der Waals surface area contributed by atoms with E-state index in [1.165, 1.54) is 6.07 Å². The zero-order valence-corrected chi connectivity index (χ0v) is 14.1. The van der Waals surface area contributed by atoms with Gasteiger partial charge in [0, 0.05) is 28.8 Å². The third-order valence-corrected chi connectivity index (χ3v) is 3.51. The molecule has 4 nitrogen and oxygen atoms in total. The van der Waals surface area contributed by atoms with E-state index in [4.69, 9.17) is 15.4 Å². The van der Waals surface area contributed by atoms with Crippen molar-refractivity contribution in [2.24, 2.45) is 0 Å². The first-order valence-corrected chi connectivity index (χ1v) is 8.01. The quantitative estimate of drug-likeness (QED) is 0.394. The first-order valence-electron chi connectivity index (χ1n) is 6.89. The molecule has 0 amide bonds. The number of nitriles is 1. The first-order chi connectivity index (χ1) is 11.1. The Morgan fingerprint density at radius 1 is 1.17 bits per heavy atom. The largest absolute Gasteiger partial charge is 0.423 e. The third kappa shape index (κ3) is 3.99. The second kappa shape index (κ2) is 7.61. The van der Waals surface area contributed by atoms with E-state index >= 15 is 0 Å². The van der Waals surface area contributed by atoms with Crippen LogP contribution < -0.4 is 11.4 Å². The highest BCUT2D eigenvalue weighted by Gasteiger charge is 2.09. The number of anilines is 1. The lowest BCUT2D eigenvalue weighted by Gasteiger charge is -2.08. The molecule has 0 aliphatic rings. The molecule has 0 saturated carbocycles. The van der Waals surface area contributed by atoms with Gasteiger partial charge in [-0.2, -0.15) is 5.26 Å². The summed E-state index contributed by atoms with van der Waals surface area (Å²) >= 11 is 2.89. The van der Waals surface area contributed by atoms with Crippen LogP contribution in [-0.2, 0) is 0 Å². The van der Waals surface area contributed by atoms with Gasteiger partial charge in [-0.3, -0.25) is 0 Å². The Hall–Kier alpha value is -2.58. The summed E-state index contributed by atoms with van der Waals surface area (Å²) in [6.45, 7) is 2.02. The Bertz CT molecular complexity index is 926. The number of rotatable bonds is 1. The summed E-state index contributed by atoms with van der Waals surface area (Å²) in [5, 5.41) is 8.91. The minimum atomic E-state index is -0.364. The second-order valence-corrected chi connectivity index (χ2v) is 5.40. The van der Waals surface area contributed by atoms with Crippen LogP contribution in [0.3, 0.4) is 0 Å². The van der Waals surface area contributed by atoms with Crippen molar-refractivity contribution < 1.29 is 4.42 Å². The van der Waals surface area contributed by atoms with Crippen LogP contribution in [0.1, 0.15) is 5.56 Å². The number of hydrogen-bond donors (Lipinski definition) is 1. The molecule has 0 fully saturated rings. The molecule has 0 saturated heterocycles. The number of nitrogens with zero attached hydrogens (tertiary/aromatic N) is 1. The van der Waals surface area contributed by atoms with Crippen LogP contribution in [0.25, 0.3) is 22.1 Å². The average Bonchev–Trinajstić information content (AvgIpc) is 2.54. The number of nitrogen functional groups attached to an aromatic ring is 1. The molecular weight excluding hydrogens is 356 g/mol. The molecule has 116 valence electrons. The molecule has 1 aromatic heterocycles. The minimum Gasteiger partial charge on any atom is -0.423 e. The van der Waals surface area contributed by atoms with E-state index < -0.39 is 0 Å². The molecule has 3 aromatic rings. The molecule has 0 radical (unpaired) electrons. The van der Waals surface area contributed by atoms with Crippen molar-refractivity contribution in [1.29, 1.82) is 5.26 Å². The summed E-state index contributed by atoms with van der Waals surface area (Å²) < 4.78 is 5.21. The SMILES string of the molecule is Cc1ccccc1-c1cc(=O)oc2cc(N)ccc12.N#CCBr. The zero-order chi connectivity index (χ0) is 16.8. The van der Waals surface area contributed by atoms with Crippen LogP contribution >= 0.6 is 15.9 Å². The van der Waals surface area contributed by atoms with Crippen molar-refractivity contribution in [3.8, 4) is 17.2 Å². The predicted molar refractivity (Wildman–Crippen MR) is 96.5 cm³/mol. The molecule has 0 spiro atoms. The average molecular weight is 371 g/mol. The lowest BCUT2D eigenvalue weighted by Crippen LogP contribution is -1.99. The molecule has 1 heterocycles. The van der Waals surface area contributed by atoms with E-state index in [0.29, 0.717) is 16.6 Å². The maximum atomic E-state index is 11.7. The highest BCUT2D eigenvalue weighted by atomic mass is 79.9. The molecule has 23 heavy (non-hydrogen) atoms. The molecule has 0 atom stereocenters. The fourth-order valence-corrected chi connectivity index (χ4v) is 2.28. The van der Waals surface area contributed by atoms with Crippen LogP contribution in [0.2, 0.25) is 0 Å². The summed E-state index contributed by atoms with van der Waals surface area (Å²) in [6.07, 6.45) is 0. The summed E-state index contributed by atoms with van der Waals surface area (Å²) in [4.78, 5) is 11.7. The molecule has 0 aliphatic heterocycles. The van der Waals surface area contributed by atoms with Gasteiger partial charge >= 0.3 is 5.63 Å². The van der Waals surface area contributed by atoms with E-state index in [9.17, 15) is 4.79 Å². The number of fused-ring (bicyclic) bond motifs is 1. The molecule has 2 N–H and O–H groups in total. The number of hydrogen-bond acceptors (Lipinski definition) is 4. The Labute approximate surface area is 142 Å². The Morgan fingerprint density at radius 2 is 1.87 bits per heavy atom. The minimum absolute atomic E-state index is 0.364. The number of benzene rings is 2. The van der Waals surface area contributed by atoms with Crippen molar-refractivity contribution in [3.63, 3.8) is 0 Å². The van der Waals surface area contributed by atoms with Gasteiger partial charge in [-0.05, 0) is 30.2 Å². The monoisotopic (exact) mass is 370 g/mol. The van der Waals surface area contributed by atoms with Crippen LogP contribution in [0.15, 0.2) is 57.7 Å². The number of aryl methyl sites for hydroxylation is 1. The van der Waals surface area contributed by atoms with Gasteiger partial charge in [-0.25, -0.2) is 4.79 Å². The van der Waals surface area contributed by atoms with Crippen molar-refractivity contribution in [1.82, 2.24) is 0 Å².